The number of hydrazone groups is 1. The number of carbonyl (C=O) groups excluding carboxylic acids is 2. The number of anilines is 2. The molecule has 160 valence electrons. The van der Waals surface area contributed by atoms with E-state index in [1.165, 1.54) is 24.0 Å². The van der Waals surface area contributed by atoms with Gasteiger partial charge in [-0.05, 0) is 42.3 Å². The van der Waals surface area contributed by atoms with Gasteiger partial charge in [0.2, 0.25) is 0 Å². The lowest BCUT2D eigenvalue weighted by atomic mass is 9.93. The normalized spacial score (nSPS) is 21.5. The van der Waals surface area contributed by atoms with Gasteiger partial charge in [-0.1, -0.05) is 24.3 Å². The molecule has 2 N–H and O–H groups in total. The van der Waals surface area contributed by atoms with Gasteiger partial charge in [0.15, 0.2) is 5.60 Å². The highest BCUT2D eigenvalue weighted by atomic mass is 19.1. The number of nitrogens with one attached hydrogen (secondary N) is 1. The molecule has 0 saturated carbocycles. The van der Waals surface area contributed by atoms with Crippen molar-refractivity contribution in [3.05, 3.63) is 89.0 Å². The summed E-state index contributed by atoms with van der Waals surface area (Å²) < 4.78 is 13.9. The molecule has 1 amide bonds. The van der Waals surface area contributed by atoms with E-state index in [0.717, 1.165) is 11.8 Å². The molecular formula is C24H19FN4O3. The van der Waals surface area contributed by atoms with Crippen molar-refractivity contribution in [1.82, 2.24) is 10.4 Å². The van der Waals surface area contributed by atoms with Gasteiger partial charge in [0.25, 0.3) is 5.91 Å². The molecule has 0 radical (unpaired) electrons. The number of benzene rings is 2. The topological polar surface area (TPSA) is 94.9 Å². The first kappa shape index (κ1) is 20.0. The van der Waals surface area contributed by atoms with Crippen molar-refractivity contribution in [2.45, 2.75) is 25.0 Å². The number of fused-ring (bicyclic) bond motifs is 2. The predicted molar refractivity (Wildman–Crippen MR) is 116 cm³/mol. The average molecular weight is 430 g/mol. The molecule has 2 aliphatic rings. The van der Waals surface area contributed by atoms with Gasteiger partial charge < -0.3 is 9.90 Å². The average Bonchev–Trinajstić information content (AvgIpc) is 3.00. The van der Waals surface area contributed by atoms with Gasteiger partial charge in [0.1, 0.15) is 18.1 Å². The molecule has 3 aromatic rings. The van der Waals surface area contributed by atoms with Crippen molar-refractivity contribution in [2.75, 3.05) is 4.90 Å². The maximum atomic E-state index is 13.9. The Morgan fingerprint density at radius 1 is 1.22 bits per heavy atom. The number of halogens is 1. The molecule has 0 spiro atoms. The second-order valence-electron chi connectivity index (χ2n) is 7.99. The lowest BCUT2D eigenvalue weighted by molar-refractivity contribution is -0.133. The molecule has 7 nitrogen and oxygen atoms in total. The SMILES string of the molecule is CC1(O)C(=O)N(c2cncc(CC3=NNC(C=O)c4ccc(F)cc43)c2)c2ccccc21. The lowest BCUT2D eigenvalue weighted by Crippen LogP contribution is -2.35. The van der Waals surface area contributed by atoms with Crippen molar-refractivity contribution >= 4 is 29.3 Å². The van der Waals surface area contributed by atoms with Gasteiger partial charge in [0, 0.05) is 23.7 Å². The van der Waals surface area contributed by atoms with Gasteiger partial charge >= 0.3 is 0 Å². The fourth-order valence-electron chi connectivity index (χ4n) is 4.23. The summed E-state index contributed by atoms with van der Waals surface area (Å²) >= 11 is 0. The fraction of sp³-hybridized carbons (Fsp3) is 0.167. The molecule has 0 aliphatic carbocycles. The molecular weight excluding hydrogens is 411 g/mol. The first-order chi connectivity index (χ1) is 15.4. The highest BCUT2D eigenvalue weighted by Crippen LogP contribution is 2.43. The van der Waals surface area contributed by atoms with Crippen LogP contribution in [0.1, 0.15) is 35.2 Å². The van der Waals surface area contributed by atoms with Crippen LogP contribution < -0.4 is 10.3 Å². The summed E-state index contributed by atoms with van der Waals surface area (Å²) in [6, 6.07) is 12.5. The number of aldehydes is 1. The Hall–Kier alpha value is -3.91. The Kier molecular flexibility index (Phi) is 4.60. The molecule has 0 bridgehead atoms. The summed E-state index contributed by atoms with van der Waals surface area (Å²) in [7, 11) is 0. The molecule has 2 atom stereocenters. The molecule has 1 aromatic heterocycles. The van der Waals surface area contributed by atoms with Gasteiger partial charge in [-0.25, -0.2) is 4.39 Å². The number of amides is 1. The van der Waals surface area contributed by atoms with Crippen molar-refractivity contribution in [3.63, 3.8) is 0 Å². The summed E-state index contributed by atoms with van der Waals surface area (Å²) in [5, 5.41) is 15.0. The molecule has 0 saturated heterocycles. The van der Waals surface area contributed by atoms with Crippen LogP contribution in [0.25, 0.3) is 0 Å². The predicted octanol–water partition coefficient (Wildman–Crippen LogP) is 2.90. The van der Waals surface area contributed by atoms with E-state index in [2.05, 4.69) is 15.5 Å². The summed E-state index contributed by atoms with van der Waals surface area (Å²) in [4.78, 5) is 30.1. The first-order valence-electron chi connectivity index (χ1n) is 10.1. The summed E-state index contributed by atoms with van der Waals surface area (Å²) in [5.74, 6) is -0.882. The number of hydrogen-bond donors (Lipinski definition) is 2. The largest absolute Gasteiger partial charge is 0.375 e. The second-order valence-corrected chi connectivity index (χ2v) is 7.99. The highest BCUT2D eigenvalue weighted by molar-refractivity contribution is 6.11. The zero-order valence-corrected chi connectivity index (χ0v) is 17.1. The second kappa shape index (κ2) is 7.35. The number of nitrogens with zero attached hydrogens (tertiary/aromatic N) is 3. The van der Waals surface area contributed by atoms with Crippen LogP contribution in [0.15, 0.2) is 66.0 Å². The molecule has 2 aliphatic heterocycles. The fourth-order valence-corrected chi connectivity index (χ4v) is 4.23. The first-order valence-corrected chi connectivity index (χ1v) is 10.1. The van der Waals surface area contributed by atoms with Gasteiger partial charge in [-0.2, -0.15) is 5.10 Å². The lowest BCUT2D eigenvalue weighted by Gasteiger charge is -2.23. The Morgan fingerprint density at radius 2 is 2.03 bits per heavy atom. The number of hydrogen-bond acceptors (Lipinski definition) is 6. The van der Waals surface area contributed by atoms with Gasteiger partial charge in [-0.15, -0.1) is 0 Å². The highest BCUT2D eigenvalue weighted by Gasteiger charge is 2.46. The zero-order chi connectivity index (χ0) is 22.5. The summed E-state index contributed by atoms with van der Waals surface area (Å²) in [6.45, 7) is 1.48. The Morgan fingerprint density at radius 3 is 2.84 bits per heavy atom. The van der Waals surface area contributed by atoms with E-state index in [9.17, 15) is 19.1 Å². The van der Waals surface area contributed by atoms with Gasteiger partial charge in [0.05, 0.1) is 23.3 Å². The third-order valence-electron chi connectivity index (χ3n) is 5.84. The summed E-state index contributed by atoms with van der Waals surface area (Å²) in [5.41, 5.74) is 5.28. The standard InChI is InChI=1S/C24H19FN4O3/c1-24(32)19-4-2-3-5-22(19)29(23(24)31)16-8-14(11-26-12-16)9-20-18-10-15(25)6-7-17(18)21(13-30)28-27-20/h2-8,10-13,21,28,32H,9H2,1H3. The maximum absolute atomic E-state index is 13.9. The minimum atomic E-state index is -1.63. The molecule has 5 rings (SSSR count). The van der Waals surface area contributed by atoms with Crippen molar-refractivity contribution < 1.29 is 19.1 Å². The van der Waals surface area contributed by atoms with E-state index in [4.69, 9.17) is 0 Å². The van der Waals surface area contributed by atoms with Crippen molar-refractivity contribution in [2.24, 2.45) is 5.10 Å². The zero-order valence-electron chi connectivity index (χ0n) is 17.1. The van der Waals surface area contributed by atoms with E-state index in [-0.39, 0.29) is 0 Å². The number of pyridine rings is 1. The molecule has 8 heteroatoms. The maximum Gasteiger partial charge on any atom is 0.267 e. The number of carbonyl (C=O) groups is 2. The number of para-hydroxylation sites is 1. The quantitative estimate of drug-likeness (QED) is 0.621. The van der Waals surface area contributed by atoms with Crippen LogP contribution in [0.2, 0.25) is 0 Å². The smallest absolute Gasteiger partial charge is 0.267 e. The Balaban J connectivity index is 1.51. The van der Waals surface area contributed by atoms with Crippen LogP contribution in [-0.4, -0.2) is 28.0 Å². The monoisotopic (exact) mass is 430 g/mol. The van der Waals surface area contributed by atoms with E-state index in [1.54, 1.807) is 48.8 Å². The van der Waals surface area contributed by atoms with Crippen molar-refractivity contribution in [3.8, 4) is 0 Å². The molecule has 2 unspecified atom stereocenters. The van der Waals surface area contributed by atoms with Crippen LogP contribution in [0, 0.1) is 5.82 Å². The van der Waals surface area contributed by atoms with E-state index in [0.29, 0.717) is 40.2 Å². The van der Waals surface area contributed by atoms with Crippen LogP contribution in [-0.2, 0) is 21.6 Å². The van der Waals surface area contributed by atoms with Crippen LogP contribution in [0.4, 0.5) is 15.8 Å². The van der Waals surface area contributed by atoms with Crippen LogP contribution in [0.5, 0.6) is 0 Å². The number of aromatic nitrogens is 1. The van der Waals surface area contributed by atoms with E-state index >= 15 is 0 Å². The van der Waals surface area contributed by atoms with E-state index in [1.807, 2.05) is 0 Å². The van der Waals surface area contributed by atoms with Crippen molar-refractivity contribution in [1.29, 1.82) is 0 Å². The third-order valence-corrected chi connectivity index (χ3v) is 5.84. The molecule has 0 fully saturated rings. The number of rotatable bonds is 4. The summed E-state index contributed by atoms with van der Waals surface area (Å²) in [6.07, 6.45) is 4.22. The molecule has 3 heterocycles. The van der Waals surface area contributed by atoms with Crippen LogP contribution in [0.3, 0.4) is 0 Å². The third kappa shape index (κ3) is 3.07. The van der Waals surface area contributed by atoms with Crippen LogP contribution >= 0.6 is 0 Å². The molecule has 32 heavy (non-hydrogen) atoms. The number of aliphatic hydroxyl groups is 1. The minimum absolute atomic E-state index is 0.302. The molecule has 2 aromatic carbocycles. The van der Waals surface area contributed by atoms with E-state index < -0.39 is 23.4 Å². The Labute approximate surface area is 183 Å². The Bertz CT molecular complexity index is 1290. The van der Waals surface area contributed by atoms with Gasteiger partial charge in [-0.3, -0.25) is 20.1 Å². The minimum Gasteiger partial charge on any atom is -0.375 e.